The Balaban J connectivity index is 1.88. The van der Waals surface area contributed by atoms with Crippen molar-refractivity contribution < 1.29 is 17.6 Å². The summed E-state index contributed by atoms with van der Waals surface area (Å²) in [6.07, 6.45) is 0. The highest BCUT2D eigenvalue weighted by atomic mass is 79.9. The number of hydrogen-bond donors (Lipinski definition) is 1. The van der Waals surface area contributed by atoms with Crippen LogP contribution < -0.4 is 5.32 Å². The summed E-state index contributed by atoms with van der Waals surface area (Å²) in [5.41, 5.74) is 1.07. The molecule has 5 nitrogen and oxygen atoms in total. The highest BCUT2D eigenvalue weighted by Gasteiger charge is 2.27. The number of carbonyl (C=O) groups is 1. The molecule has 0 heterocycles. The van der Waals surface area contributed by atoms with E-state index in [1.807, 2.05) is 0 Å². The predicted octanol–water partition coefficient (Wildman–Crippen LogP) is 5.07. The molecule has 0 spiro atoms. The maximum atomic E-state index is 13.2. The largest absolute Gasteiger partial charge is 0.324 e. The first-order chi connectivity index (χ1) is 14.3. The summed E-state index contributed by atoms with van der Waals surface area (Å²) in [5, 5.41) is 3.09. The van der Waals surface area contributed by atoms with Crippen LogP contribution in [-0.2, 0) is 21.4 Å². The Morgan fingerprint density at radius 2 is 1.63 bits per heavy atom. The normalized spacial score (nSPS) is 11.5. The van der Waals surface area contributed by atoms with Crippen molar-refractivity contribution in [1.82, 2.24) is 4.31 Å². The molecule has 156 valence electrons. The molecule has 0 saturated heterocycles. The third kappa shape index (κ3) is 5.66. The van der Waals surface area contributed by atoms with E-state index in [9.17, 15) is 17.6 Å². The first-order valence-electron chi connectivity index (χ1n) is 8.80. The maximum absolute atomic E-state index is 13.2. The lowest BCUT2D eigenvalue weighted by molar-refractivity contribution is -0.116. The number of nitrogens with zero attached hydrogens (tertiary/aromatic N) is 1. The molecular formula is C21H17BrClFN2O3S. The molecule has 0 atom stereocenters. The van der Waals surface area contributed by atoms with E-state index in [1.54, 1.807) is 24.3 Å². The minimum Gasteiger partial charge on any atom is -0.324 e. The second-order valence-corrected chi connectivity index (χ2v) is 9.61. The first-order valence-corrected chi connectivity index (χ1v) is 11.4. The van der Waals surface area contributed by atoms with E-state index in [0.717, 1.165) is 4.31 Å². The number of rotatable bonds is 7. The van der Waals surface area contributed by atoms with Crippen molar-refractivity contribution in [2.24, 2.45) is 0 Å². The zero-order chi connectivity index (χ0) is 21.7. The summed E-state index contributed by atoms with van der Waals surface area (Å²) in [4.78, 5) is 12.6. The van der Waals surface area contributed by atoms with Gasteiger partial charge in [-0.2, -0.15) is 4.31 Å². The van der Waals surface area contributed by atoms with Crippen LogP contribution >= 0.6 is 27.5 Å². The van der Waals surface area contributed by atoms with Gasteiger partial charge >= 0.3 is 0 Å². The minimum atomic E-state index is -4.02. The lowest BCUT2D eigenvalue weighted by Crippen LogP contribution is -2.37. The van der Waals surface area contributed by atoms with Gasteiger partial charge in [0.1, 0.15) is 5.82 Å². The molecule has 0 aliphatic carbocycles. The van der Waals surface area contributed by atoms with Crippen LogP contribution in [0.25, 0.3) is 0 Å². The minimum absolute atomic E-state index is 0.00250. The molecule has 1 amide bonds. The Morgan fingerprint density at radius 1 is 1.00 bits per heavy atom. The van der Waals surface area contributed by atoms with Crippen LogP contribution in [0.5, 0.6) is 0 Å². The maximum Gasteiger partial charge on any atom is 0.243 e. The zero-order valence-corrected chi connectivity index (χ0v) is 18.7. The average Bonchev–Trinajstić information content (AvgIpc) is 2.71. The molecule has 3 rings (SSSR count). The summed E-state index contributed by atoms with van der Waals surface area (Å²) in [6.45, 7) is -0.529. The Kier molecular flexibility index (Phi) is 7.25. The van der Waals surface area contributed by atoms with E-state index in [0.29, 0.717) is 20.7 Å². The highest BCUT2D eigenvalue weighted by molar-refractivity contribution is 9.10. The van der Waals surface area contributed by atoms with Crippen molar-refractivity contribution >= 4 is 49.1 Å². The van der Waals surface area contributed by atoms with Crippen LogP contribution in [0.15, 0.2) is 82.2 Å². The molecule has 0 aliphatic heterocycles. The van der Waals surface area contributed by atoms with Crippen LogP contribution in [0.3, 0.4) is 0 Å². The molecule has 9 heteroatoms. The van der Waals surface area contributed by atoms with Gasteiger partial charge in [0.15, 0.2) is 0 Å². The molecule has 30 heavy (non-hydrogen) atoms. The van der Waals surface area contributed by atoms with Gasteiger partial charge in [-0.3, -0.25) is 4.79 Å². The molecule has 0 aliphatic rings. The summed E-state index contributed by atoms with van der Waals surface area (Å²) < 4.78 is 41.3. The smallest absolute Gasteiger partial charge is 0.243 e. The summed E-state index contributed by atoms with van der Waals surface area (Å²) in [7, 11) is -4.02. The third-order valence-corrected chi connectivity index (χ3v) is 6.94. The van der Waals surface area contributed by atoms with Crippen molar-refractivity contribution in [2.75, 3.05) is 11.9 Å². The Morgan fingerprint density at radius 3 is 2.27 bits per heavy atom. The molecular weight excluding hydrogens is 495 g/mol. The van der Waals surface area contributed by atoms with Crippen LogP contribution in [0.1, 0.15) is 5.56 Å². The van der Waals surface area contributed by atoms with E-state index in [1.165, 1.54) is 48.5 Å². The van der Waals surface area contributed by atoms with Gasteiger partial charge in [0.2, 0.25) is 15.9 Å². The zero-order valence-electron chi connectivity index (χ0n) is 15.6. The Labute approximate surface area is 187 Å². The number of hydrogen-bond acceptors (Lipinski definition) is 3. The average molecular weight is 512 g/mol. The number of amides is 1. The fraction of sp³-hybridized carbons (Fsp3) is 0.0952. The van der Waals surface area contributed by atoms with Crippen molar-refractivity contribution in [2.45, 2.75) is 11.4 Å². The van der Waals surface area contributed by atoms with Gasteiger partial charge < -0.3 is 5.32 Å². The van der Waals surface area contributed by atoms with Gasteiger partial charge in [0.25, 0.3) is 0 Å². The predicted molar refractivity (Wildman–Crippen MR) is 118 cm³/mol. The lowest BCUT2D eigenvalue weighted by Gasteiger charge is -2.22. The van der Waals surface area contributed by atoms with Crippen molar-refractivity contribution in [3.05, 3.63) is 93.7 Å². The SMILES string of the molecule is O=C(CN(Cc1ccc(F)cc1)S(=O)(=O)c1ccc(Cl)cc1)Nc1ccccc1Br. The molecule has 3 aromatic carbocycles. The van der Waals surface area contributed by atoms with Crippen molar-refractivity contribution in [3.63, 3.8) is 0 Å². The summed E-state index contributed by atoms with van der Waals surface area (Å²) in [5.74, 6) is -0.945. The standard InChI is InChI=1S/C21H17BrClFN2O3S/c22-19-3-1-2-4-20(19)25-21(27)14-26(13-15-5-9-17(24)10-6-15)30(28,29)18-11-7-16(23)8-12-18/h1-12H,13-14H2,(H,25,27). The van der Waals surface area contributed by atoms with Crippen LogP contribution in [0, 0.1) is 5.82 Å². The fourth-order valence-corrected chi connectivity index (χ4v) is 4.58. The molecule has 0 saturated carbocycles. The number of benzene rings is 3. The third-order valence-electron chi connectivity index (χ3n) is 4.19. The van der Waals surface area contributed by atoms with E-state index in [4.69, 9.17) is 11.6 Å². The van der Waals surface area contributed by atoms with Gasteiger partial charge in [-0.25, -0.2) is 12.8 Å². The van der Waals surface area contributed by atoms with E-state index >= 15 is 0 Å². The Bertz CT molecular complexity index is 1140. The van der Waals surface area contributed by atoms with Gasteiger partial charge in [0, 0.05) is 16.0 Å². The summed E-state index contributed by atoms with van der Waals surface area (Å²) >= 11 is 9.20. The number of sulfonamides is 1. The van der Waals surface area contributed by atoms with Crippen LogP contribution in [0.4, 0.5) is 10.1 Å². The Hall–Kier alpha value is -2.26. The van der Waals surface area contributed by atoms with Crippen molar-refractivity contribution in [1.29, 1.82) is 0 Å². The number of nitrogens with one attached hydrogen (secondary N) is 1. The van der Waals surface area contributed by atoms with Crippen molar-refractivity contribution in [3.8, 4) is 0 Å². The highest BCUT2D eigenvalue weighted by Crippen LogP contribution is 2.23. The number of anilines is 1. The lowest BCUT2D eigenvalue weighted by atomic mass is 10.2. The van der Waals surface area contributed by atoms with Gasteiger partial charge in [-0.15, -0.1) is 0 Å². The number of carbonyl (C=O) groups excluding carboxylic acids is 1. The van der Waals surface area contributed by atoms with E-state index in [-0.39, 0.29) is 11.4 Å². The number of para-hydroxylation sites is 1. The van der Waals surface area contributed by atoms with Gasteiger partial charge in [0.05, 0.1) is 17.1 Å². The second kappa shape index (κ2) is 9.70. The second-order valence-electron chi connectivity index (χ2n) is 6.38. The van der Waals surface area contributed by atoms with E-state index in [2.05, 4.69) is 21.2 Å². The molecule has 1 N–H and O–H groups in total. The first kappa shape index (κ1) is 22.4. The quantitative estimate of drug-likeness (QED) is 0.482. The molecule has 0 unspecified atom stereocenters. The molecule has 3 aromatic rings. The van der Waals surface area contributed by atoms with Crippen LogP contribution in [-0.4, -0.2) is 25.2 Å². The fourth-order valence-electron chi connectivity index (χ4n) is 2.69. The number of halogens is 3. The molecule has 0 fully saturated rings. The van der Waals surface area contributed by atoms with Crippen LogP contribution in [0.2, 0.25) is 5.02 Å². The molecule has 0 radical (unpaired) electrons. The summed E-state index contributed by atoms with van der Waals surface area (Å²) in [6, 6.07) is 18.1. The van der Waals surface area contributed by atoms with Gasteiger partial charge in [-0.05, 0) is 70.0 Å². The molecule has 0 aromatic heterocycles. The monoisotopic (exact) mass is 510 g/mol. The molecule has 0 bridgehead atoms. The van der Waals surface area contributed by atoms with Gasteiger partial charge in [-0.1, -0.05) is 35.9 Å². The topological polar surface area (TPSA) is 66.5 Å². The van der Waals surface area contributed by atoms with E-state index < -0.39 is 28.3 Å².